The first-order valence-electron chi connectivity index (χ1n) is 13.5. The predicted octanol–water partition coefficient (Wildman–Crippen LogP) is 5.46. The molecule has 3 N–H and O–H groups in total. The zero-order valence-electron chi connectivity index (χ0n) is 23.9. The lowest BCUT2D eigenvalue weighted by Gasteiger charge is -2.30. The van der Waals surface area contributed by atoms with Gasteiger partial charge in [0.15, 0.2) is 15.5 Å². The molecule has 10 nitrogen and oxygen atoms in total. The number of aromatic nitrogens is 4. The lowest BCUT2D eigenvalue weighted by Crippen LogP contribution is -2.29. The fourth-order valence-corrected chi connectivity index (χ4v) is 6.47. The molecule has 0 spiro atoms. The monoisotopic (exact) mass is 563 g/mol. The average Bonchev–Trinajstić information content (AvgIpc) is 3.30. The van der Waals surface area contributed by atoms with Crippen LogP contribution in [0.1, 0.15) is 49.4 Å². The summed E-state index contributed by atoms with van der Waals surface area (Å²) in [5, 5.41) is 14.0. The fourth-order valence-electron chi connectivity index (χ4n) is 5.26. The number of nitrogens with one attached hydrogen (secondary N) is 3. The van der Waals surface area contributed by atoms with Crippen molar-refractivity contribution in [2.45, 2.75) is 56.6 Å². The SMILES string of the molecule is COc1cc(C2CCN(C)CC2)c(C)cc1Nc1nc(Nc2ccccc2S(=O)(=O)C(C)C)c2c(C)[nH]nc2n1. The maximum absolute atomic E-state index is 13.1. The highest BCUT2D eigenvalue weighted by Crippen LogP contribution is 2.38. The summed E-state index contributed by atoms with van der Waals surface area (Å²) in [5.74, 6) is 1.97. The molecule has 40 heavy (non-hydrogen) atoms. The lowest BCUT2D eigenvalue weighted by molar-refractivity contribution is 0.255. The molecule has 0 radical (unpaired) electrons. The molecule has 1 saturated heterocycles. The zero-order chi connectivity index (χ0) is 28.6. The van der Waals surface area contributed by atoms with E-state index in [1.165, 1.54) is 11.1 Å². The van der Waals surface area contributed by atoms with Crippen molar-refractivity contribution in [3.8, 4) is 5.75 Å². The molecule has 1 fully saturated rings. The standard InChI is InChI=1S/C29H37N7O3S/c1-17(2)40(37,38)25-10-8-7-9-22(25)30-27-26-19(4)34-35-28(26)33-29(32-27)31-23-15-18(3)21(16-24(23)39-6)20-11-13-36(5)14-12-20/h7-10,15-17,20H,11-14H2,1-6H3,(H3,30,31,32,33,34,35). The summed E-state index contributed by atoms with van der Waals surface area (Å²) in [5.41, 5.74) is 4.90. The summed E-state index contributed by atoms with van der Waals surface area (Å²) in [7, 11) is 0.296. The van der Waals surface area contributed by atoms with Gasteiger partial charge in [0, 0.05) is 5.69 Å². The molecule has 5 rings (SSSR count). The van der Waals surface area contributed by atoms with Crippen molar-refractivity contribution in [2.75, 3.05) is 37.9 Å². The van der Waals surface area contributed by atoms with Crippen molar-refractivity contribution in [1.29, 1.82) is 0 Å². The van der Waals surface area contributed by atoms with E-state index in [0.717, 1.165) is 37.3 Å². The number of H-pyrrole nitrogens is 1. The summed E-state index contributed by atoms with van der Waals surface area (Å²) < 4.78 is 31.9. The summed E-state index contributed by atoms with van der Waals surface area (Å²) in [6.45, 7) is 9.51. The second-order valence-electron chi connectivity index (χ2n) is 10.8. The van der Waals surface area contributed by atoms with Gasteiger partial charge in [0.25, 0.3) is 0 Å². The van der Waals surface area contributed by atoms with Gasteiger partial charge in [-0.25, -0.2) is 8.42 Å². The Balaban J connectivity index is 1.52. The second-order valence-corrected chi connectivity index (χ2v) is 13.2. The van der Waals surface area contributed by atoms with E-state index in [2.05, 4.69) is 56.8 Å². The minimum atomic E-state index is -3.53. The number of ether oxygens (including phenoxy) is 1. The number of hydrogen-bond donors (Lipinski definition) is 3. The molecule has 3 heterocycles. The number of para-hydroxylation sites is 1. The van der Waals surface area contributed by atoms with E-state index in [0.29, 0.717) is 40.2 Å². The highest BCUT2D eigenvalue weighted by atomic mass is 32.2. The number of nitrogens with zero attached hydrogens (tertiary/aromatic N) is 4. The van der Waals surface area contributed by atoms with Crippen molar-refractivity contribution >= 4 is 44.0 Å². The number of sulfone groups is 1. The Morgan fingerprint density at radius 2 is 1.77 bits per heavy atom. The van der Waals surface area contributed by atoms with E-state index in [9.17, 15) is 8.42 Å². The molecule has 0 amide bonds. The van der Waals surface area contributed by atoms with Crippen LogP contribution in [0.15, 0.2) is 41.3 Å². The molecular formula is C29H37N7O3S. The molecule has 11 heteroatoms. The van der Waals surface area contributed by atoms with E-state index < -0.39 is 15.1 Å². The molecule has 1 aliphatic heterocycles. The van der Waals surface area contributed by atoms with Crippen molar-refractivity contribution in [3.63, 3.8) is 0 Å². The minimum absolute atomic E-state index is 0.217. The number of benzene rings is 2. The van der Waals surface area contributed by atoms with Gasteiger partial charge in [-0.05, 0) is 102 Å². The number of methoxy groups -OCH3 is 1. The topological polar surface area (TPSA) is 125 Å². The maximum Gasteiger partial charge on any atom is 0.231 e. The van der Waals surface area contributed by atoms with E-state index >= 15 is 0 Å². The van der Waals surface area contributed by atoms with Gasteiger partial charge in [0.1, 0.15) is 11.6 Å². The van der Waals surface area contributed by atoms with Crippen molar-refractivity contribution < 1.29 is 13.2 Å². The fraction of sp³-hybridized carbons (Fsp3) is 0.414. The molecule has 212 valence electrons. The van der Waals surface area contributed by atoms with Crippen LogP contribution in [-0.4, -0.2) is 66.0 Å². The van der Waals surface area contributed by atoms with Crippen LogP contribution >= 0.6 is 0 Å². The van der Waals surface area contributed by atoms with Crippen molar-refractivity contribution in [2.24, 2.45) is 0 Å². The van der Waals surface area contributed by atoms with Gasteiger partial charge in [-0.15, -0.1) is 0 Å². The smallest absolute Gasteiger partial charge is 0.231 e. The van der Waals surface area contributed by atoms with Gasteiger partial charge in [-0.1, -0.05) is 12.1 Å². The Morgan fingerprint density at radius 1 is 1.05 bits per heavy atom. The number of aryl methyl sites for hydroxylation is 2. The number of anilines is 4. The Labute approximate surface area is 235 Å². The lowest BCUT2D eigenvalue weighted by atomic mass is 9.86. The first-order valence-corrected chi connectivity index (χ1v) is 15.1. The molecule has 4 aromatic rings. The third-order valence-electron chi connectivity index (χ3n) is 7.65. The van der Waals surface area contributed by atoms with E-state index in [-0.39, 0.29) is 4.90 Å². The molecule has 0 unspecified atom stereocenters. The molecule has 0 atom stereocenters. The molecule has 2 aromatic carbocycles. The van der Waals surface area contributed by atoms with Crippen LogP contribution in [0.25, 0.3) is 11.0 Å². The maximum atomic E-state index is 13.1. The van der Waals surface area contributed by atoms with Crippen LogP contribution in [0.5, 0.6) is 5.75 Å². The highest BCUT2D eigenvalue weighted by molar-refractivity contribution is 7.92. The number of hydrogen-bond acceptors (Lipinski definition) is 9. The first-order chi connectivity index (χ1) is 19.1. The van der Waals surface area contributed by atoms with Crippen LogP contribution < -0.4 is 15.4 Å². The molecule has 1 aliphatic rings. The number of aromatic amines is 1. The van der Waals surface area contributed by atoms with Crippen molar-refractivity contribution in [3.05, 3.63) is 53.2 Å². The third kappa shape index (κ3) is 5.35. The van der Waals surface area contributed by atoms with Crippen LogP contribution in [0.3, 0.4) is 0 Å². The largest absolute Gasteiger partial charge is 0.495 e. The van der Waals surface area contributed by atoms with Gasteiger partial charge >= 0.3 is 0 Å². The van der Waals surface area contributed by atoms with Gasteiger partial charge in [0.2, 0.25) is 5.95 Å². The van der Waals surface area contributed by atoms with Crippen LogP contribution in [-0.2, 0) is 9.84 Å². The van der Waals surface area contributed by atoms with Gasteiger partial charge < -0.3 is 20.3 Å². The number of fused-ring (bicyclic) bond motifs is 1. The molecule has 0 saturated carbocycles. The number of piperidine rings is 1. The van der Waals surface area contributed by atoms with E-state index in [1.54, 1.807) is 45.2 Å². The van der Waals surface area contributed by atoms with Crippen molar-refractivity contribution in [1.82, 2.24) is 25.1 Å². The van der Waals surface area contributed by atoms with Crippen LogP contribution in [0.4, 0.5) is 23.1 Å². The Morgan fingerprint density at radius 3 is 2.48 bits per heavy atom. The van der Waals surface area contributed by atoms with E-state index in [1.807, 2.05) is 6.92 Å². The zero-order valence-corrected chi connectivity index (χ0v) is 24.7. The molecule has 2 aromatic heterocycles. The summed E-state index contributed by atoms with van der Waals surface area (Å²) in [4.78, 5) is 12.0. The normalized spacial score (nSPS) is 15.1. The average molecular weight is 564 g/mol. The Kier molecular flexibility index (Phi) is 7.70. The van der Waals surface area contributed by atoms with Gasteiger partial charge in [-0.2, -0.15) is 15.1 Å². The first kappa shape index (κ1) is 27.9. The summed E-state index contributed by atoms with van der Waals surface area (Å²) in [6.07, 6.45) is 2.24. The number of rotatable bonds is 8. The van der Waals surface area contributed by atoms with Gasteiger partial charge in [0.05, 0.1) is 34.0 Å². The molecule has 0 aliphatic carbocycles. The van der Waals surface area contributed by atoms with Gasteiger partial charge in [-0.3, -0.25) is 5.10 Å². The number of likely N-dealkylation sites (tertiary alicyclic amines) is 1. The molecular weight excluding hydrogens is 526 g/mol. The highest BCUT2D eigenvalue weighted by Gasteiger charge is 2.25. The predicted molar refractivity (Wildman–Crippen MR) is 159 cm³/mol. The quantitative estimate of drug-likeness (QED) is 0.256. The summed E-state index contributed by atoms with van der Waals surface area (Å²) >= 11 is 0. The molecule has 0 bridgehead atoms. The van der Waals surface area contributed by atoms with Crippen LogP contribution in [0.2, 0.25) is 0 Å². The minimum Gasteiger partial charge on any atom is -0.495 e. The Hall–Kier alpha value is -3.70. The van der Waals surface area contributed by atoms with E-state index in [4.69, 9.17) is 9.72 Å². The summed E-state index contributed by atoms with van der Waals surface area (Å²) in [6, 6.07) is 11.1. The third-order valence-corrected chi connectivity index (χ3v) is 9.86. The second kappa shape index (κ2) is 11.1. The Bertz CT molecular complexity index is 1640. The van der Waals surface area contributed by atoms with Crippen LogP contribution in [0, 0.1) is 13.8 Å².